The summed E-state index contributed by atoms with van der Waals surface area (Å²) in [6.45, 7) is 5.27. The monoisotopic (exact) mass is 146 g/mol. The average molecular weight is 146 g/mol. The van der Waals surface area contributed by atoms with E-state index in [-0.39, 0.29) is 0 Å². The molecule has 0 heterocycles. The molecular weight excluding hydrogens is 132 g/mol. The van der Waals surface area contributed by atoms with Crippen molar-refractivity contribution in [2.45, 2.75) is 13.8 Å². The molecule has 3 heteroatoms. The maximum absolute atomic E-state index is 5.11. The molecule has 0 saturated carbocycles. The van der Waals surface area contributed by atoms with Gasteiger partial charge in [-0.05, 0) is 19.5 Å². The van der Waals surface area contributed by atoms with Crippen LogP contribution in [0, 0.1) is 0 Å². The second kappa shape index (κ2) is 5.69. The smallest absolute Gasteiger partial charge is 0.269 e. The van der Waals surface area contributed by atoms with E-state index in [1.807, 2.05) is 19.5 Å². The first-order valence-electron chi connectivity index (χ1n) is 3.27. The third-order valence-electron chi connectivity index (χ3n) is 0.809. The summed E-state index contributed by atoms with van der Waals surface area (Å²) in [6.07, 6.45) is 0. The molecule has 0 unspecified atom stereocenters. The molecule has 0 rings (SSSR count). The molecule has 0 amide bonds. The predicted octanol–water partition coefficient (Wildman–Crippen LogP) is 0.224. The maximum atomic E-state index is 5.11. The van der Waals surface area contributed by atoms with E-state index in [1.165, 1.54) is 0 Å². The van der Waals surface area contributed by atoms with Crippen LogP contribution in [0.5, 0.6) is 0 Å². The molecule has 0 spiro atoms. The summed E-state index contributed by atoms with van der Waals surface area (Å²) in [6, 6.07) is 0. The van der Waals surface area contributed by atoms with Crippen LogP contribution < -0.4 is 0 Å². The molecule has 0 aromatic rings. The Morgan fingerprint density at radius 2 is 1.78 bits per heavy atom. The van der Waals surface area contributed by atoms with Crippen molar-refractivity contribution in [3.05, 3.63) is 11.6 Å². The molecule has 54 valence electrons. The molecule has 0 atom stereocenters. The Morgan fingerprint density at radius 3 is 2.00 bits per heavy atom. The van der Waals surface area contributed by atoms with E-state index in [9.17, 15) is 0 Å². The van der Waals surface area contributed by atoms with Gasteiger partial charge in [0, 0.05) is 10.2 Å². The van der Waals surface area contributed by atoms with Crippen LogP contribution >= 0.6 is 0 Å². The van der Waals surface area contributed by atoms with Crippen LogP contribution in [0.1, 0.15) is 13.8 Å². The fourth-order valence-corrected chi connectivity index (χ4v) is 0.826. The van der Waals surface area contributed by atoms with E-state index in [0.29, 0.717) is 19.2 Å². The van der Waals surface area contributed by atoms with E-state index in [0.717, 1.165) is 10.2 Å². The Bertz CT molecular complexity index is 83.1. The van der Waals surface area contributed by atoms with Crippen LogP contribution in [-0.2, 0) is 9.47 Å². The number of rotatable bonds is 4. The molecule has 2 nitrogen and oxygen atoms in total. The van der Waals surface area contributed by atoms with Crippen molar-refractivity contribution in [2.24, 2.45) is 0 Å². The highest BCUT2D eigenvalue weighted by Gasteiger charge is 1.90. The Labute approximate surface area is 59.3 Å². The average Bonchev–Trinajstić information content (AvgIpc) is 1.88. The van der Waals surface area contributed by atoms with Crippen LogP contribution in [0.25, 0.3) is 0 Å². The van der Waals surface area contributed by atoms with Gasteiger partial charge in [0.05, 0.1) is 13.2 Å². The van der Waals surface area contributed by atoms with Gasteiger partial charge in [0.25, 0.3) is 5.95 Å². The van der Waals surface area contributed by atoms with Crippen LogP contribution in [0.3, 0.4) is 0 Å². The molecule has 0 radical (unpaired) electrons. The highest BCUT2D eigenvalue weighted by Crippen LogP contribution is 1.96. The molecule has 0 aliphatic heterocycles. The first-order valence-corrected chi connectivity index (χ1v) is 4.42. The largest absolute Gasteiger partial charge is 0.466 e. The topological polar surface area (TPSA) is 18.5 Å². The van der Waals surface area contributed by atoms with Gasteiger partial charge in [-0.1, -0.05) is 0 Å². The van der Waals surface area contributed by atoms with Crippen molar-refractivity contribution in [2.75, 3.05) is 13.2 Å². The van der Waals surface area contributed by atoms with Gasteiger partial charge >= 0.3 is 0 Å². The minimum Gasteiger partial charge on any atom is -0.466 e. The minimum atomic E-state index is 0.687. The van der Waals surface area contributed by atoms with Gasteiger partial charge in [0.15, 0.2) is 0 Å². The van der Waals surface area contributed by atoms with Crippen molar-refractivity contribution in [3.63, 3.8) is 0 Å². The molecule has 9 heavy (non-hydrogen) atoms. The van der Waals surface area contributed by atoms with Gasteiger partial charge in [-0.25, -0.2) is 0 Å². The molecule has 0 aliphatic rings. The van der Waals surface area contributed by atoms with Crippen LogP contribution in [0.15, 0.2) is 11.6 Å². The third kappa shape index (κ3) is 4.09. The molecular formula is C6H14O2Si. The standard InChI is InChI=1S/C6H14O2Si/c1-3-7-6(5-9)8-4-2/h5H,3-4H2,1-2,9H3. The van der Waals surface area contributed by atoms with Gasteiger partial charge < -0.3 is 9.47 Å². The molecule has 0 aromatic heterocycles. The lowest BCUT2D eigenvalue weighted by molar-refractivity contribution is 0.0476. The van der Waals surface area contributed by atoms with E-state index < -0.39 is 0 Å². The quantitative estimate of drug-likeness (QED) is 0.417. The highest BCUT2D eigenvalue weighted by molar-refractivity contribution is 6.17. The molecule has 0 N–H and O–H groups in total. The zero-order valence-corrected chi connectivity index (χ0v) is 8.31. The van der Waals surface area contributed by atoms with Gasteiger partial charge in [0.1, 0.15) is 0 Å². The van der Waals surface area contributed by atoms with Crippen LogP contribution in [0.2, 0.25) is 0 Å². The van der Waals surface area contributed by atoms with Gasteiger partial charge in [-0.2, -0.15) is 0 Å². The molecule has 0 bridgehead atoms. The van der Waals surface area contributed by atoms with Crippen molar-refractivity contribution in [1.82, 2.24) is 0 Å². The van der Waals surface area contributed by atoms with Crippen molar-refractivity contribution in [1.29, 1.82) is 0 Å². The van der Waals surface area contributed by atoms with Gasteiger partial charge in [-0.15, -0.1) is 0 Å². The van der Waals surface area contributed by atoms with E-state index in [2.05, 4.69) is 0 Å². The first kappa shape index (κ1) is 8.56. The Morgan fingerprint density at radius 1 is 1.33 bits per heavy atom. The van der Waals surface area contributed by atoms with Crippen molar-refractivity contribution in [3.8, 4) is 0 Å². The van der Waals surface area contributed by atoms with E-state index >= 15 is 0 Å². The van der Waals surface area contributed by atoms with Crippen molar-refractivity contribution >= 4 is 10.2 Å². The van der Waals surface area contributed by atoms with Crippen molar-refractivity contribution < 1.29 is 9.47 Å². The SMILES string of the molecule is CCOC(=C[SiH3])OCC. The lowest BCUT2D eigenvalue weighted by Gasteiger charge is -2.06. The summed E-state index contributed by atoms with van der Waals surface area (Å²) in [7, 11) is 0.989. The lowest BCUT2D eigenvalue weighted by Crippen LogP contribution is -1.96. The Kier molecular flexibility index (Phi) is 5.41. The normalized spacial score (nSPS) is 8.67. The van der Waals surface area contributed by atoms with Gasteiger partial charge in [-0.3, -0.25) is 0 Å². The molecule has 0 aromatic carbocycles. The minimum absolute atomic E-state index is 0.687. The summed E-state index contributed by atoms with van der Waals surface area (Å²) in [5, 5.41) is 0. The highest BCUT2D eigenvalue weighted by atomic mass is 28.1. The summed E-state index contributed by atoms with van der Waals surface area (Å²) < 4.78 is 10.2. The second-order valence-electron chi connectivity index (χ2n) is 1.47. The predicted molar refractivity (Wildman–Crippen MR) is 41.3 cm³/mol. The number of hydrogen-bond acceptors (Lipinski definition) is 2. The molecule has 0 saturated heterocycles. The molecule has 0 aliphatic carbocycles. The third-order valence-corrected chi connectivity index (χ3v) is 1.28. The summed E-state index contributed by atoms with van der Waals surface area (Å²) in [5.74, 6) is 0.687. The van der Waals surface area contributed by atoms with Gasteiger partial charge in [0.2, 0.25) is 0 Å². The molecule has 0 fully saturated rings. The fraction of sp³-hybridized carbons (Fsp3) is 0.667. The lowest BCUT2D eigenvalue weighted by atomic mass is 10.8. The Balaban J connectivity index is 3.43. The summed E-state index contributed by atoms with van der Waals surface area (Å²) >= 11 is 0. The number of hydrogen-bond donors (Lipinski definition) is 0. The second-order valence-corrected chi connectivity index (χ2v) is 2.05. The first-order chi connectivity index (χ1) is 4.35. The Hall–Kier alpha value is -0.443. The summed E-state index contributed by atoms with van der Waals surface area (Å²) in [5.41, 5.74) is 1.95. The zero-order chi connectivity index (χ0) is 7.11. The van der Waals surface area contributed by atoms with Crippen LogP contribution in [0.4, 0.5) is 0 Å². The maximum Gasteiger partial charge on any atom is 0.269 e. The van der Waals surface area contributed by atoms with Crippen LogP contribution in [-0.4, -0.2) is 23.5 Å². The fourth-order valence-electron chi connectivity index (χ4n) is 0.493. The van der Waals surface area contributed by atoms with E-state index in [1.54, 1.807) is 0 Å². The zero-order valence-electron chi connectivity index (χ0n) is 6.31. The summed E-state index contributed by atoms with van der Waals surface area (Å²) in [4.78, 5) is 0. The van der Waals surface area contributed by atoms with E-state index in [4.69, 9.17) is 9.47 Å². The number of ether oxygens (including phenoxy) is 2.